The molecule has 0 bridgehead atoms. The van der Waals surface area contributed by atoms with E-state index in [1.165, 1.54) is 0 Å². The summed E-state index contributed by atoms with van der Waals surface area (Å²) in [4.78, 5) is 34.7. The maximum absolute atomic E-state index is 12.7. The number of aromatic nitrogens is 3. The number of carboxylic acid groups (broad SMARTS) is 1. The number of imidazole rings is 1. The molecule has 0 radical (unpaired) electrons. The summed E-state index contributed by atoms with van der Waals surface area (Å²) in [6, 6.07) is 13.3. The number of aryl methyl sites for hydroxylation is 2. The fourth-order valence-electron chi connectivity index (χ4n) is 4.58. The lowest BCUT2D eigenvalue weighted by Gasteiger charge is -2.23. The summed E-state index contributed by atoms with van der Waals surface area (Å²) >= 11 is 5.94. The number of ether oxygens (including phenoxy) is 2. The summed E-state index contributed by atoms with van der Waals surface area (Å²) in [5.41, 5.74) is 10.3. The smallest absolute Gasteiger partial charge is 0.341 e. The average molecular weight is 554 g/mol. The van der Waals surface area contributed by atoms with Crippen LogP contribution in [0.1, 0.15) is 23.4 Å². The van der Waals surface area contributed by atoms with Gasteiger partial charge >= 0.3 is 5.97 Å². The van der Waals surface area contributed by atoms with Crippen molar-refractivity contribution >= 4 is 51.2 Å². The summed E-state index contributed by atoms with van der Waals surface area (Å²) in [6.45, 7) is 3.27. The highest BCUT2D eigenvalue weighted by Gasteiger charge is 2.19. The van der Waals surface area contributed by atoms with Gasteiger partial charge in [0.1, 0.15) is 23.0 Å². The molecule has 0 saturated carbocycles. The second kappa shape index (κ2) is 12.8. The Labute approximate surface area is 231 Å². The Hall–Kier alpha value is -3.89. The number of hydrogen-bond donors (Lipinski definition) is 2. The number of benzene rings is 2. The predicted molar refractivity (Wildman–Crippen MR) is 150 cm³/mol. The van der Waals surface area contributed by atoms with Gasteiger partial charge in [0.15, 0.2) is 12.4 Å². The zero-order valence-electron chi connectivity index (χ0n) is 22.0. The van der Waals surface area contributed by atoms with Crippen LogP contribution in [0.2, 0.25) is 0 Å². The minimum Gasteiger partial charge on any atom is -0.482 e. The van der Waals surface area contributed by atoms with Gasteiger partial charge in [-0.1, -0.05) is 30.3 Å². The van der Waals surface area contributed by atoms with Gasteiger partial charge in [0.2, 0.25) is 5.91 Å². The second-order valence-electron chi connectivity index (χ2n) is 9.22. The number of amides is 1. The molecule has 0 unspecified atom stereocenters. The van der Waals surface area contributed by atoms with Gasteiger partial charge in [0.05, 0.1) is 17.6 Å². The molecule has 206 valence electrons. The fraction of sp³-hybridized carbons (Fsp3) is 0.357. The molecule has 0 aliphatic heterocycles. The van der Waals surface area contributed by atoms with Crippen LogP contribution >= 0.6 is 11.6 Å². The number of halogens is 1. The molecular formula is C28H32ClN5O5. The Morgan fingerprint density at radius 3 is 2.72 bits per heavy atom. The molecule has 4 aromatic rings. The largest absolute Gasteiger partial charge is 0.482 e. The number of nitrogens with two attached hydrogens (primary N) is 1. The minimum atomic E-state index is -1.05. The van der Waals surface area contributed by atoms with Crippen LogP contribution in [0.5, 0.6) is 5.75 Å². The summed E-state index contributed by atoms with van der Waals surface area (Å²) in [5.74, 6) is 0.291. The van der Waals surface area contributed by atoms with E-state index >= 15 is 0 Å². The van der Waals surface area contributed by atoms with E-state index < -0.39 is 12.6 Å². The average Bonchev–Trinajstić information content (AvgIpc) is 3.30. The molecule has 1 amide bonds. The number of alkyl halides is 1. The van der Waals surface area contributed by atoms with Crippen LogP contribution < -0.4 is 10.5 Å². The van der Waals surface area contributed by atoms with Crippen molar-refractivity contribution in [2.45, 2.75) is 32.9 Å². The van der Waals surface area contributed by atoms with Crippen LogP contribution in [0.15, 0.2) is 42.5 Å². The molecule has 0 aliphatic carbocycles. The lowest BCUT2D eigenvalue weighted by atomic mass is 10.1. The maximum Gasteiger partial charge on any atom is 0.341 e. The maximum atomic E-state index is 12.7. The van der Waals surface area contributed by atoms with Crippen molar-refractivity contribution in [3.63, 3.8) is 0 Å². The highest BCUT2D eigenvalue weighted by Crippen LogP contribution is 2.29. The van der Waals surface area contributed by atoms with E-state index in [0.29, 0.717) is 56.2 Å². The van der Waals surface area contributed by atoms with Gasteiger partial charge in [-0.2, -0.15) is 0 Å². The number of para-hydroxylation sites is 1. The van der Waals surface area contributed by atoms with Crippen molar-refractivity contribution in [3.8, 4) is 5.75 Å². The van der Waals surface area contributed by atoms with Gasteiger partial charge in [-0.05, 0) is 36.6 Å². The van der Waals surface area contributed by atoms with Crippen LogP contribution in [0, 0.1) is 6.92 Å². The third-order valence-electron chi connectivity index (χ3n) is 6.47. The van der Waals surface area contributed by atoms with Crippen molar-refractivity contribution < 1.29 is 24.2 Å². The Morgan fingerprint density at radius 1 is 1.18 bits per heavy atom. The standard InChI is InChI=1S/C28H32ClN5O5/c1-18-8-9-19(14-22(18)39-17-25(36)37)16-33(24(35)15-29)11-5-12-34-23(10-13-38-2)32-26-27(34)20-6-3-4-7-21(20)31-28(26)30/h3-4,6-9,14H,5,10-13,15-17H2,1-2H3,(H2,30,31)(H,36,37). The zero-order chi connectivity index (χ0) is 27.9. The molecule has 0 aliphatic rings. The van der Waals surface area contributed by atoms with E-state index in [1.54, 1.807) is 18.1 Å². The van der Waals surface area contributed by atoms with Crippen LogP contribution in [0.4, 0.5) is 5.82 Å². The summed E-state index contributed by atoms with van der Waals surface area (Å²) in [7, 11) is 1.65. The van der Waals surface area contributed by atoms with Gasteiger partial charge in [0, 0.05) is 38.6 Å². The number of carbonyl (C=O) groups excluding carboxylic acids is 1. The van der Waals surface area contributed by atoms with E-state index in [0.717, 1.165) is 33.4 Å². The Bertz CT molecular complexity index is 1490. The molecule has 39 heavy (non-hydrogen) atoms. The third-order valence-corrected chi connectivity index (χ3v) is 6.70. The van der Waals surface area contributed by atoms with Crippen LogP contribution in [-0.4, -0.2) is 69.2 Å². The van der Waals surface area contributed by atoms with Gasteiger partial charge in [-0.15, -0.1) is 11.6 Å². The highest BCUT2D eigenvalue weighted by atomic mass is 35.5. The molecule has 2 aromatic heterocycles. The molecule has 4 rings (SSSR count). The van der Waals surface area contributed by atoms with Crippen molar-refractivity contribution in [1.29, 1.82) is 0 Å². The number of hydrogen-bond acceptors (Lipinski definition) is 7. The SMILES string of the molecule is COCCc1nc2c(N)nc3ccccc3c2n1CCCN(Cc1ccc(C)c(OCC(=O)O)c1)C(=O)CCl. The first-order chi connectivity index (χ1) is 18.8. The Kier molecular flexibility index (Phi) is 9.21. The van der Waals surface area contributed by atoms with Crippen molar-refractivity contribution in [1.82, 2.24) is 19.4 Å². The normalized spacial score (nSPS) is 11.3. The molecule has 3 N–H and O–H groups in total. The third kappa shape index (κ3) is 6.58. The summed E-state index contributed by atoms with van der Waals surface area (Å²) in [5, 5.41) is 9.91. The quantitative estimate of drug-likeness (QED) is 0.239. The van der Waals surface area contributed by atoms with Crippen LogP contribution in [0.25, 0.3) is 21.9 Å². The lowest BCUT2D eigenvalue weighted by Crippen LogP contribution is -2.33. The van der Waals surface area contributed by atoms with Gasteiger partial charge in [0.25, 0.3) is 0 Å². The van der Waals surface area contributed by atoms with E-state index in [1.807, 2.05) is 43.3 Å². The lowest BCUT2D eigenvalue weighted by molar-refractivity contribution is -0.139. The molecule has 2 heterocycles. The number of fused-ring (bicyclic) bond motifs is 3. The molecule has 0 spiro atoms. The van der Waals surface area contributed by atoms with Crippen LogP contribution in [-0.2, 0) is 33.8 Å². The number of anilines is 1. The molecular weight excluding hydrogens is 522 g/mol. The molecule has 0 atom stereocenters. The first-order valence-electron chi connectivity index (χ1n) is 12.6. The van der Waals surface area contributed by atoms with E-state index in [9.17, 15) is 9.59 Å². The molecule has 0 saturated heterocycles. The first-order valence-corrected chi connectivity index (χ1v) is 13.2. The first kappa shape index (κ1) is 28.1. The van der Waals surface area contributed by atoms with Crippen molar-refractivity contribution in [3.05, 3.63) is 59.4 Å². The number of nitrogen functional groups attached to an aromatic ring is 1. The number of rotatable bonds is 13. The molecule has 10 nitrogen and oxygen atoms in total. The van der Waals surface area contributed by atoms with Crippen molar-refractivity contribution in [2.24, 2.45) is 0 Å². The van der Waals surface area contributed by atoms with Gasteiger partial charge in [-0.3, -0.25) is 4.79 Å². The topological polar surface area (TPSA) is 133 Å². The Morgan fingerprint density at radius 2 is 1.97 bits per heavy atom. The monoisotopic (exact) mass is 553 g/mol. The predicted octanol–water partition coefficient (Wildman–Crippen LogP) is 3.79. The fourth-order valence-corrected chi connectivity index (χ4v) is 4.75. The number of nitrogens with zero attached hydrogens (tertiary/aromatic N) is 4. The molecule has 0 fully saturated rings. The second-order valence-corrected chi connectivity index (χ2v) is 9.49. The molecule has 11 heteroatoms. The van der Waals surface area contributed by atoms with Gasteiger partial charge < -0.3 is 29.8 Å². The van der Waals surface area contributed by atoms with Crippen molar-refractivity contribution in [2.75, 3.05) is 38.5 Å². The summed E-state index contributed by atoms with van der Waals surface area (Å²) < 4.78 is 12.9. The summed E-state index contributed by atoms with van der Waals surface area (Å²) in [6.07, 6.45) is 1.24. The van der Waals surface area contributed by atoms with Gasteiger partial charge in [-0.25, -0.2) is 14.8 Å². The number of pyridine rings is 1. The zero-order valence-corrected chi connectivity index (χ0v) is 22.8. The van der Waals surface area contributed by atoms with E-state index in [-0.39, 0.29) is 11.8 Å². The minimum absolute atomic E-state index is 0.145. The number of aliphatic carboxylic acids is 1. The Balaban J connectivity index is 1.58. The number of carboxylic acids is 1. The highest BCUT2D eigenvalue weighted by molar-refractivity contribution is 6.27. The number of methoxy groups -OCH3 is 1. The van der Waals surface area contributed by atoms with Crippen LogP contribution in [0.3, 0.4) is 0 Å². The number of carbonyl (C=O) groups is 2. The van der Waals surface area contributed by atoms with E-state index in [4.69, 9.17) is 36.9 Å². The molecule has 2 aromatic carbocycles. The van der Waals surface area contributed by atoms with E-state index in [2.05, 4.69) is 9.55 Å².